The highest BCUT2D eigenvalue weighted by atomic mass is 16.2. The van der Waals surface area contributed by atoms with E-state index in [1.165, 1.54) is 11.1 Å². The van der Waals surface area contributed by atoms with Gasteiger partial charge < -0.3 is 15.1 Å². The Bertz CT molecular complexity index is 777. The molecule has 1 aliphatic heterocycles. The van der Waals surface area contributed by atoms with Crippen LogP contribution in [0.3, 0.4) is 0 Å². The van der Waals surface area contributed by atoms with Crippen molar-refractivity contribution in [2.24, 2.45) is 5.92 Å². The Morgan fingerprint density at radius 3 is 2.39 bits per heavy atom. The standard InChI is InChI=1S/C23H29N3O2/c1-25(2)21(19-11-7-4-8-12-19)16-24-23(28)20-15-22(27)26(17-20)14-13-18-9-5-3-6-10-18/h3-12,20-21H,13-17H2,1-2H3,(H,24,28). The third kappa shape index (κ3) is 5.20. The largest absolute Gasteiger partial charge is 0.354 e. The monoisotopic (exact) mass is 379 g/mol. The van der Waals surface area contributed by atoms with Crippen LogP contribution in [-0.4, -0.2) is 55.3 Å². The summed E-state index contributed by atoms with van der Waals surface area (Å²) < 4.78 is 0. The number of likely N-dealkylation sites (N-methyl/N-ethyl adjacent to an activating group) is 1. The van der Waals surface area contributed by atoms with E-state index < -0.39 is 0 Å². The molecular weight excluding hydrogens is 350 g/mol. The lowest BCUT2D eigenvalue weighted by Crippen LogP contribution is -2.38. The summed E-state index contributed by atoms with van der Waals surface area (Å²) in [6.07, 6.45) is 1.12. The molecule has 5 nitrogen and oxygen atoms in total. The van der Waals surface area contributed by atoms with Crippen molar-refractivity contribution >= 4 is 11.8 Å². The minimum Gasteiger partial charge on any atom is -0.354 e. The highest BCUT2D eigenvalue weighted by molar-refractivity contribution is 5.89. The number of nitrogens with zero attached hydrogens (tertiary/aromatic N) is 2. The van der Waals surface area contributed by atoms with Crippen LogP contribution in [0.15, 0.2) is 60.7 Å². The van der Waals surface area contributed by atoms with Gasteiger partial charge >= 0.3 is 0 Å². The fraction of sp³-hybridized carbons (Fsp3) is 0.391. The zero-order valence-electron chi connectivity index (χ0n) is 16.7. The number of hydrogen-bond acceptors (Lipinski definition) is 3. The number of rotatable bonds is 8. The van der Waals surface area contributed by atoms with Crippen molar-refractivity contribution in [1.29, 1.82) is 0 Å². The van der Waals surface area contributed by atoms with Crippen LogP contribution < -0.4 is 5.32 Å². The number of nitrogens with one attached hydrogen (secondary N) is 1. The van der Waals surface area contributed by atoms with E-state index in [9.17, 15) is 9.59 Å². The molecule has 1 aliphatic rings. The second kappa shape index (κ2) is 9.51. The van der Waals surface area contributed by atoms with Crippen LogP contribution in [0.1, 0.15) is 23.6 Å². The summed E-state index contributed by atoms with van der Waals surface area (Å²) in [4.78, 5) is 28.9. The molecule has 0 aromatic heterocycles. The van der Waals surface area contributed by atoms with Gasteiger partial charge in [-0.2, -0.15) is 0 Å². The van der Waals surface area contributed by atoms with Gasteiger partial charge in [-0.15, -0.1) is 0 Å². The average molecular weight is 380 g/mol. The second-order valence-corrected chi connectivity index (χ2v) is 7.61. The molecule has 5 heteroatoms. The zero-order valence-corrected chi connectivity index (χ0v) is 16.7. The molecule has 2 atom stereocenters. The molecule has 0 radical (unpaired) electrons. The molecule has 0 bridgehead atoms. The van der Waals surface area contributed by atoms with Crippen LogP contribution >= 0.6 is 0 Å². The normalized spacial score (nSPS) is 17.8. The fourth-order valence-electron chi connectivity index (χ4n) is 3.69. The SMILES string of the molecule is CN(C)C(CNC(=O)C1CC(=O)N(CCc2ccccc2)C1)c1ccccc1. The molecule has 2 unspecified atom stereocenters. The Morgan fingerprint density at radius 2 is 1.75 bits per heavy atom. The molecule has 2 aromatic carbocycles. The maximum Gasteiger partial charge on any atom is 0.225 e. The number of carbonyl (C=O) groups excluding carboxylic acids is 2. The van der Waals surface area contributed by atoms with E-state index in [4.69, 9.17) is 0 Å². The molecule has 0 saturated carbocycles. The lowest BCUT2D eigenvalue weighted by atomic mass is 10.0. The van der Waals surface area contributed by atoms with Crippen molar-refractivity contribution in [2.45, 2.75) is 18.9 Å². The third-order valence-electron chi connectivity index (χ3n) is 5.38. The molecule has 1 saturated heterocycles. The van der Waals surface area contributed by atoms with Crippen LogP contribution in [0.2, 0.25) is 0 Å². The minimum atomic E-state index is -0.262. The van der Waals surface area contributed by atoms with Gasteiger partial charge in [-0.05, 0) is 31.6 Å². The molecular formula is C23H29N3O2. The Balaban J connectivity index is 1.51. The summed E-state index contributed by atoms with van der Waals surface area (Å²) in [6.45, 7) is 1.71. The Labute approximate surface area is 167 Å². The molecule has 148 valence electrons. The highest BCUT2D eigenvalue weighted by Gasteiger charge is 2.34. The molecule has 28 heavy (non-hydrogen) atoms. The molecule has 2 aromatic rings. The Morgan fingerprint density at radius 1 is 1.11 bits per heavy atom. The fourth-order valence-corrected chi connectivity index (χ4v) is 3.69. The van der Waals surface area contributed by atoms with E-state index in [0.717, 1.165) is 6.42 Å². The van der Waals surface area contributed by atoms with E-state index in [1.807, 2.05) is 55.4 Å². The van der Waals surface area contributed by atoms with E-state index in [0.29, 0.717) is 26.1 Å². The average Bonchev–Trinajstić information content (AvgIpc) is 3.08. The molecule has 0 aliphatic carbocycles. The molecule has 0 spiro atoms. The first kappa shape index (κ1) is 20.1. The van der Waals surface area contributed by atoms with Gasteiger partial charge in [0.2, 0.25) is 11.8 Å². The smallest absolute Gasteiger partial charge is 0.225 e. The maximum absolute atomic E-state index is 12.7. The first-order chi connectivity index (χ1) is 13.5. The molecule has 1 heterocycles. The summed E-state index contributed by atoms with van der Waals surface area (Å²) in [5, 5.41) is 3.06. The van der Waals surface area contributed by atoms with E-state index in [1.54, 1.807) is 0 Å². The number of amides is 2. The van der Waals surface area contributed by atoms with Gasteiger partial charge in [-0.3, -0.25) is 9.59 Å². The Hall–Kier alpha value is -2.66. The lowest BCUT2D eigenvalue weighted by Gasteiger charge is -2.25. The summed E-state index contributed by atoms with van der Waals surface area (Å²) in [5.41, 5.74) is 2.37. The van der Waals surface area contributed by atoms with Crippen molar-refractivity contribution < 1.29 is 9.59 Å². The van der Waals surface area contributed by atoms with Gasteiger partial charge in [0.05, 0.1) is 12.0 Å². The van der Waals surface area contributed by atoms with Crippen LogP contribution in [-0.2, 0) is 16.0 Å². The number of benzene rings is 2. The van der Waals surface area contributed by atoms with Crippen molar-refractivity contribution in [3.05, 3.63) is 71.8 Å². The van der Waals surface area contributed by atoms with Crippen LogP contribution in [0.5, 0.6) is 0 Å². The Kier molecular flexibility index (Phi) is 6.82. The molecule has 3 rings (SSSR count). The zero-order chi connectivity index (χ0) is 19.9. The van der Waals surface area contributed by atoms with Gasteiger partial charge in [0.1, 0.15) is 0 Å². The second-order valence-electron chi connectivity index (χ2n) is 7.61. The van der Waals surface area contributed by atoms with Crippen LogP contribution in [0, 0.1) is 5.92 Å². The number of hydrogen-bond donors (Lipinski definition) is 1. The summed E-state index contributed by atoms with van der Waals surface area (Å²) in [7, 11) is 4.02. The number of carbonyl (C=O) groups is 2. The van der Waals surface area contributed by atoms with Gasteiger partial charge in [-0.1, -0.05) is 60.7 Å². The topological polar surface area (TPSA) is 52.7 Å². The summed E-state index contributed by atoms with van der Waals surface area (Å²) in [5.74, 6) is -0.219. The molecule has 2 amide bonds. The number of likely N-dealkylation sites (tertiary alicyclic amines) is 1. The van der Waals surface area contributed by atoms with Gasteiger partial charge in [0.25, 0.3) is 0 Å². The van der Waals surface area contributed by atoms with Crippen molar-refractivity contribution in [2.75, 3.05) is 33.7 Å². The van der Waals surface area contributed by atoms with Crippen LogP contribution in [0.25, 0.3) is 0 Å². The van der Waals surface area contributed by atoms with E-state index >= 15 is 0 Å². The van der Waals surface area contributed by atoms with Gasteiger partial charge in [0.15, 0.2) is 0 Å². The van der Waals surface area contributed by atoms with Gasteiger partial charge in [0, 0.05) is 26.1 Å². The summed E-state index contributed by atoms with van der Waals surface area (Å²) in [6, 6.07) is 20.4. The molecule has 1 fully saturated rings. The van der Waals surface area contributed by atoms with Crippen LogP contribution in [0.4, 0.5) is 0 Å². The predicted molar refractivity (Wildman–Crippen MR) is 111 cm³/mol. The lowest BCUT2D eigenvalue weighted by molar-refractivity contribution is -0.129. The first-order valence-electron chi connectivity index (χ1n) is 9.85. The van der Waals surface area contributed by atoms with E-state index in [2.05, 4.69) is 34.5 Å². The molecule has 1 N–H and O–H groups in total. The minimum absolute atomic E-state index is 0.0293. The quantitative estimate of drug-likeness (QED) is 0.767. The van der Waals surface area contributed by atoms with Crippen molar-refractivity contribution in [3.8, 4) is 0 Å². The van der Waals surface area contributed by atoms with Gasteiger partial charge in [-0.25, -0.2) is 0 Å². The predicted octanol–water partition coefficient (Wildman–Crippen LogP) is 2.50. The van der Waals surface area contributed by atoms with E-state index in [-0.39, 0.29) is 23.8 Å². The maximum atomic E-state index is 12.7. The summed E-state index contributed by atoms with van der Waals surface area (Å²) >= 11 is 0. The first-order valence-corrected chi connectivity index (χ1v) is 9.85. The highest BCUT2D eigenvalue weighted by Crippen LogP contribution is 2.20. The van der Waals surface area contributed by atoms with Crippen molar-refractivity contribution in [3.63, 3.8) is 0 Å². The van der Waals surface area contributed by atoms with Crippen molar-refractivity contribution in [1.82, 2.24) is 15.1 Å². The third-order valence-corrected chi connectivity index (χ3v) is 5.38.